The van der Waals surface area contributed by atoms with Crippen molar-refractivity contribution in [3.05, 3.63) is 34.0 Å². The molecule has 0 bridgehead atoms. The first-order valence-corrected chi connectivity index (χ1v) is 6.19. The molecule has 15 heavy (non-hydrogen) atoms. The highest BCUT2D eigenvalue weighted by Gasteiger charge is 2.19. The molecule has 80 valence electrons. The number of carbonyl (C=O) groups is 1. The quantitative estimate of drug-likeness (QED) is 0.781. The molecule has 1 aliphatic carbocycles. The summed E-state index contributed by atoms with van der Waals surface area (Å²) in [5.74, 6) is 0.0503. The molecule has 1 aromatic rings. The number of hydrogen-bond acceptors (Lipinski definition) is 2. The van der Waals surface area contributed by atoms with Crippen molar-refractivity contribution in [3.63, 3.8) is 0 Å². The lowest BCUT2D eigenvalue weighted by molar-refractivity contribution is 0.0957. The van der Waals surface area contributed by atoms with E-state index in [-0.39, 0.29) is 5.91 Å². The average molecular weight is 221 g/mol. The van der Waals surface area contributed by atoms with Gasteiger partial charge in [-0.05, 0) is 31.2 Å². The van der Waals surface area contributed by atoms with Crippen molar-refractivity contribution < 1.29 is 4.79 Å². The Morgan fingerprint density at radius 2 is 2.33 bits per heavy atom. The number of fused-ring (bicyclic) bond motifs is 1. The zero-order valence-electron chi connectivity index (χ0n) is 8.71. The molecule has 0 saturated carbocycles. The van der Waals surface area contributed by atoms with Gasteiger partial charge in [0.05, 0.1) is 5.56 Å². The van der Waals surface area contributed by atoms with Crippen LogP contribution in [0.4, 0.5) is 0 Å². The van der Waals surface area contributed by atoms with E-state index in [1.807, 2.05) is 5.38 Å². The number of thiophene rings is 1. The highest BCUT2D eigenvalue weighted by molar-refractivity contribution is 7.10. The highest BCUT2D eigenvalue weighted by Crippen LogP contribution is 2.29. The van der Waals surface area contributed by atoms with E-state index >= 15 is 0 Å². The van der Waals surface area contributed by atoms with Crippen molar-refractivity contribution in [1.82, 2.24) is 5.32 Å². The topological polar surface area (TPSA) is 29.1 Å². The average Bonchev–Trinajstić information content (AvgIpc) is 2.69. The van der Waals surface area contributed by atoms with E-state index in [4.69, 9.17) is 0 Å². The zero-order chi connectivity index (χ0) is 10.7. The van der Waals surface area contributed by atoms with E-state index < -0.39 is 0 Å². The minimum absolute atomic E-state index is 0.0503. The van der Waals surface area contributed by atoms with Crippen molar-refractivity contribution in [3.8, 4) is 0 Å². The Morgan fingerprint density at radius 1 is 1.53 bits per heavy atom. The molecule has 1 amide bonds. The molecule has 0 atom stereocenters. The van der Waals surface area contributed by atoms with Crippen LogP contribution >= 0.6 is 11.3 Å². The molecule has 0 aliphatic heterocycles. The molecule has 1 N–H and O–H groups in total. The summed E-state index contributed by atoms with van der Waals surface area (Å²) in [5.41, 5.74) is 2.17. The lowest BCUT2D eigenvalue weighted by atomic mass is 9.96. The molecular formula is C12H15NOS. The van der Waals surface area contributed by atoms with Gasteiger partial charge < -0.3 is 5.32 Å². The molecule has 0 radical (unpaired) electrons. The molecule has 0 spiro atoms. The number of carbonyl (C=O) groups excluding carboxylic acids is 1. The maximum absolute atomic E-state index is 11.8. The van der Waals surface area contributed by atoms with E-state index in [1.54, 1.807) is 17.4 Å². The summed E-state index contributed by atoms with van der Waals surface area (Å²) in [7, 11) is 0. The maximum Gasteiger partial charge on any atom is 0.252 e. The van der Waals surface area contributed by atoms with E-state index in [0.717, 1.165) is 18.4 Å². The van der Waals surface area contributed by atoms with Gasteiger partial charge >= 0.3 is 0 Å². The van der Waals surface area contributed by atoms with Crippen molar-refractivity contribution in [2.75, 3.05) is 6.54 Å². The predicted molar refractivity (Wildman–Crippen MR) is 63.5 cm³/mol. The Labute approximate surface area is 94.0 Å². The second-order valence-electron chi connectivity index (χ2n) is 3.76. The Bertz CT molecular complexity index is 381. The van der Waals surface area contributed by atoms with Gasteiger partial charge in [0.2, 0.25) is 0 Å². The van der Waals surface area contributed by atoms with Crippen LogP contribution in [-0.2, 0) is 12.8 Å². The summed E-state index contributed by atoms with van der Waals surface area (Å²) >= 11 is 1.73. The summed E-state index contributed by atoms with van der Waals surface area (Å²) in [6.07, 6.45) is 6.40. The standard InChI is InChI=1S/C12H15NOS/c1-2-7-13-12(14)10-8-15-11-6-4-3-5-9(10)11/h2,8H,1,3-7H2,(H,13,14). The van der Waals surface area contributed by atoms with Crippen LogP contribution in [0.25, 0.3) is 0 Å². The molecule has 2 nitrogen and oxygen atoms in total. The Hall–Kier alpha value is -1.09. The van der Waals surface area contributed by atoms with Crippen LogP contribution in [0, 0.1) is 0 Å². The first-order chi connectivity index (χ1) is 7.33. The molecule has 2 rings (SSSR count). The molecular weight excluding hydrogens is 206 g/mol. The van der Waals surface area contributed by atoms with Gasteiger partial charge in [-0.1, -0.05) is 6.08 Å². The van der Waals surface area contributed by atoms with E-state index in [9.17, 15) is 4.79 Å². The largest absolute Gasteiger partial charge is 0.349 e. The fourth-order valence-electron chi connectivity index (χ4n) is 1.94. The predicted octanol–water partition coefficient (Wildman–Crippen LogP) is 2.54. The first-order valence-electron chi connectivity index (χ1n) is 5.31. The summed E-state index contributed by atoms with van der Waals surface area (Å²) in [4.78, 5) is 13.2. The monoisotopic (exact) mass is 221 g/mol. The van der Waals surface area contributed by atoms with Crippen LogP contribution < -0.4 is 5.32 Å². The van der Waals surface area contributed by atoms with Gasteiger partial charge in [-0.25, -0.2) is 0 Å². The van der Waals surface area contributed by atoms with Gasteiger partial charge in [-0.15, -0.1) is 17.9 Å². The summed E-state index contributed by atoms with van der Waals surface area (Å²) in [6.45, 7) is 4.13. The zero-order valence-corrected chi connectivity index (χ0v) is 9.53. The van der Waals surface area contributed by atoms with Crippen molar-refractivity contribution >= 4 is 17.2 Å². The molecule has 1 aromatic heterocycles. The van der Waals surface area contributed by atoms with Crippen LogP contribution in [-0.4, -0.2) is 12.5 Å². The normalized spacial score (nSPS) is 14.4. The van der Waals surface area contributed by atoms with Gasteiger partial charge in [0.25, 0.3) is 5.91 Å². The number of aryl methyl sites for hydroxylation is 1. The molecule has 3 heteroatoms. The number of amides is 1. The third-order valence-electron chi connectivity index (χ3n) is 2.71. The molecule has 1 heterocycles. The third kappa shape index (κ3) is 2.12. The van der Waals surface area contributed by atoms with Gasteiger partial charge in [0.15, 0.2) is 0 Å². The van der Waals surface area contributed by atoms with Crippen LogP contribution in [0.5, 0.6) is 0 Å². The lowest BCUT2D eigenvalue weighted by Crippen LogP contribution is -2.24. The van der Waals surface area contributed by atoms with E-state index in [1.165, 1.54) is 23.3 Å². The summed E-state index contributed by atoms with van der Waals surface area (Å²) < 4.78 is 0. The highest BCUT2D eigenvalue weighted by atomic mass is 32.1. The Balaban J connectivity index is 2.17. The molecule has 0 saturated heterocycles. The summed E-state index contributed by atoms with van der Waals surface area (Å²) in [5, 5.41) is 4.83. The number of hydrogen-bond donors (Lipinski definition) is 1. The molecule has 0 unspecified atom stereocenters. The van der Waals surface area contributed by atoms with Crippen molar-refractivity contribution in [2.45, 2.75) is 25.7 Å². The number of rotatable bonds is 3. The smallest absolute Gasteiger partial charge is 0.252 e. The molecule has 0 fully saturated rings. The Morgan fingerprint density at radius 3 is 3.13 bits per heavy atom. The SMILES string of the molecule is C=CCNC(=O)c1csc2c1CCCC2. The van der Waals surface area contributed by atoms with Crippen molar-refractivity contribution in [2.24, 2.45) is 0 Å². The number of nitrogens with one attached hydrogen (secondary N) is 1. The van der Waals surface area contributed by atoms with Gasteiger partial charge in [0, 0.05) is 16.8 Å². The minimum atomic E-state index is 0.0503. The first kappa shape index (κ1) is 10.4. The van der Waals surface area contributed by atoms with Crippen LogP contribution in [0.1, 0.15) is 33.6 Å². The van der Waals surface area contributed by atoms with Crippen molar-refractivity contribution in [1.29, 1.82) is 0 Å². The second kappa shape index (κ2) is 4.62. The Kier molecular flexibility index (Phi) is 3.21. The van der Waals surface area contributed by atoms with Crippen LogP contribution in [0.3, 0.4) is 0 Å². The maximum atomic E-state index is 11.8. The van der Waals surface area contributed by atoms with E-state index in [2.05, 4.69) is 11.9 Å². The summed E-state index contributed by atoms with van der Waals surface area (Å²) in [6, 6.07) is 0. The molecule has 1 aliphatic rings. The van der Waals surface area contributed by atoms with Gasteiger partial charge in [-0.2, -0.15) is 0 Å². The van der Waals surface area contributed by atoms with Crippen LogP contribution in [0.2, 0.25) is 0 Å². The fourth-order valence-corrected chi connectivity index (χ4v) is 3.07. The van der Waals surface area contributed by atoms with Gasteiger partial charge in [0.1, 0.15) is 0 Å². The lowest BCUT2D eigenvalue weighted by Gasteiger charge is -2.12. The third-order valence-corrected chi connectivity index (χ3v) is 3.80. The van der Waals surface area contributed by atoms with Crippen LogP contribution in [0.15, 0.2) is 18.0 Å². The molecule has 0 aromatic carbocycles. The van der Waals surface area contributed by atoms with E-state index in [0.29, 0.717) is 6.54 Å². The minimum Gasteiger partial charge on any atom is -0.349 e. The second-order valence-corrected chi connectivity index (χ2v) is 4.72. The van der Waals surface area contributed by atoms with Gasteiger partial charge in [-0.3, -0.25) is 4.79 Å². The fraction of sp³-hybridized carbons (Fsp3) is 0.417.